The van der Waals surface area contributed by atoms with Gasteiger partial charge in [0.25, 0.3) is 0 Å². The Balaban J connectivity index is 1.72. The molecule has 2 aromatic carbocycles. The largest absolute Gasteiger partial charge is 0.471 e. The second-order valence-corrected chi connectivity index (χ2v) is 7.06. The molecule has 0 fully saturated rings. The van der Waals surface area contributed by atoms with Gasteiger partial charge in [-0.3, -0.25) is 4.79 Å². The number of halogens is 3. The molecule has 1 amide bonds. The zero-order chi connectivity index (χ0) is 21.3. The van der Waals surface area contributed by atoms with E-state index in [9.17, 15) is 18.0 Å². The molecule has 0 bridgehead atoms. The number of fused-ring (bicyclic) bond motifs is 3. The van der Waals surface area contributed by atoms with E-state index in [0.717, 1.165) is 26.9 Å². The lowest BCUT2D eigenvalue weighted by molar-refractivity contribution is -0.186. The second kappa shape index (κ2) is 7.74. The third-order valence-corrected chi connectivity index (χ3v) is 4.97. The quantitative estimate of drug-likeness (QED) is 0.500. The number of amides is 1. The number of aryl methyl sites for hydroxylation is 1. The number of rotatable bonds is 5. The average Bonchev–Trinajstić information content (AvgIpc) is 3.20. The summed E-state index contributed by atoms with van der Waals surface area (Å²) < 4.78 is 41.3. The van der Waals surface area contributed by atoms with Crippen molar-refractivity contribution in [2.24, 2.45) is 0 Å². The van der Waals surface area contributed by atoms with E-state index in [1.807, 2.05) is 55.5 Å². The van der Waals surface area contributed by atoms with E-state index in [2.05, 4.69) is 15.5 Å². The zero-order valence-corrected chi connectivity index (χ0v) is 16.1. The maximum absolute atomic E-state index is 13.3. The van der Waals surface area contributed by atoms with E-state index < -0.39 is 12.1 Å². The Hall–Kier alpha value is -3.49. The molecule has 0 unspecified atom stereocenters. The van der Waals surface area contributed by atoms with Crippen molar-refractivity contribution >= 4 is 22.5 Å². The minimum atomic E-state index is -4.97. The second-order valence-electron chi connectivity index (χ2n) is 7.06. The molecule has 0 radical (unpaired) electrons. The number of pyridine rings is 1. The standard InChI is InChI=1S/C21H18F3N5O/c1-14-6-5-9-16-12-17(19-25-26-27-29(19)18(14)16)13-28(20(30)21(22,23)24)11-10-15-7-3-2-4-8-15/h2-9,12H,10-11,13H2,1H3. The number of para-hydroxylation sites is 1. The van der Waals surface area contributed by atoms with Crippen LogP contribution in [-0.4, -0.2) is 43.6 Å². The van der Waals surface area contributed by atoms with Gasteiger partial charge in [0.05, 0.1) is 5.52 Å². The number of alkyl halides is 3. The lowest BCUT2D eigenvalue weighted by Gasteiger charge is -2.24. The molecule has 0 spiro atoms. The van der Waals surface area contributed by atoms with Gasteiger partial charge in [-0.25, -0.2) is 0 Å². The van der Waals surface area contributed by atoms with Crippen LogP contribution in [0.1, 0.15) is 16.7 Å². The minimum absolute atomic E-state index is 0.0814. The smallest absolute Gasteiger partial charge is 0.330 e. The predicted molar refractivity (Wildman–Crippen MR) is 105 cm³/mol. The molecule has 0 saturated carbocycles. The Morgan fingerprint density at radius 2 is 1.87 bits per heavy atom. The molecule has 2 aromatic heterocycles. The molecule has 0 N–H and O–H groups in total. The highest BCUT2D eigenvalue weighted by atomic mass is 19.4. The molecule has 0 saturated heterocycles. The zero-order valence-electron chi connectivity index (χ0n) is 16.1. The summed E-state index contributed by atoms with van der Waals surface area (Å²) in [6.45, 7) is 1.57. The summed E-state index contributed by atoms with van der Waals surface area (Å²) in [5.74, 6) is -1.88. The monoisotopic (exact) mass is 413 g/mol. The predicted octanol–water partition coefficient (Wildman–Crippen LogP) is 3.72. The van der Waals surface area contributed by atoms with Crippen LogP contribution < -0.4 is 0 Å². The molecule has 0 aliphatic carbocycles. The van der Waals surface area contributed by atoms with Crippen LogP contribution >= 0.6 is 0 Å². The van der Waals surface area contributed by atoms with Crippen molar-refractivity contribution in [3.05, 3.63) is 71.3 Å². The highest BCUT2D eigenvalue weighted by Crippen LogP contribution is 2.25. The number of carbonyl (C=O) groups excluding carboxylic acids is 1. The number of carbonyl (C=O) groups is 1. The van der Waals surface area contributed by atoms with Gasteiger partial charge in [0.15, 0.2) is 5.65 Å². The average molecular weight is 413 g/mol. The minimum Gasteiger partial charge on any atom is -0.330 e. The Bertz CT molecular complexity index is 1200. The number of nitrogens with zero attached hydrogens (tertiary/aromatic N) is 5. The van der Waals surface area contributed by atoms with E-state index in [-0.39, 0.29) is 13.1 Å². The summed E-state index contributed by atoms with van der Waals surface area (Å²) in [6, 6.07) is 16.4. The molecular formula is C21H18F3N5O. The fourth-order valence-electron chi connectivity index (χ4n) is 3.54. The normalized spacial score (nSPS) is 11.9. The molecule has 0 aliphatic rings. The van der Waals surface area contributed by atoms with Gasteiger partial charge in [0.1, 0.15) is 0 Å². The van der Waals surface area contributed by atoms with Gasteiger partial charge in [0, 0.05) is 24.0 Å². The van der Waals surface area contributed by atoms with Gasteiger partial charge >= 0.3 is 12.1 Å². The molecule has 154 valence electrons. The van der Waals surface area contributed by atoms with Crippen molar-refractivity contribution in [2.45, 2.75) is 26.1 Å². The van der Waals surface area contributed by atoms with E-state index >= 15 is 0 Å². The van der Waals surface area contributed by atoms with Crippen molar-refractivity contribution in [1.29, 1.82) is 0 Å². The molecule has 30 heavy (non-hydrogen) atoms. The summed E-state index contributed by atoms with van der Waals surface area (Å²) >= 11 is 0. The number of tetrazole rings is 1. The summed E-state index contributed by atoms with van der Waals surface area (Å²) in [4.78, 5) is 12.9. The number of benzene rings is 2. The van der Waals surface area contributed by atoms with Crippen LogP contribution in [0, 0.1) is 6.92 Å². The van der Waals surface area contributed by atoms with Crippen molar-refractivity contribution in [3.8, 4) is 0 Å². The van der Waals surface area contributed by atoms with Crippen LogP contribution in [-0.2, 0) is 17.8 Å². The number of hydrogen-bond donors (Lipinski definition) is 0. The van der Waals surface area contributed by atoms with Crippen molar-refractivity contribution in [1.82, 2.24) is 24.9 Å². The Morgan fingerprint density at radius 1 is 1.10 bits per heavy atom. The fourth-order valence-corrected chi connectivity index (χ4v) is 3.54. The van der Waals surface area contributed by atoms with Crippen LogP contribution in [0.5, 0.6) is 0 Å². The Morgan fingerprint density at radius 3 is 2.60 bits per heavy atom. The maximum Gasteiger partial charge on any atom is 0.471 e. The maximum atomic E-state index is 13.3. The van der Waals surface area contributed by atoms with Gasteiger partial charge < -0.3 is 4.90 Å². The summed E-state index contributed by atoms with van der Waals surface area (Å²) in [6.07, 6.45) is -4.66. The van der Waals surface area contributed by atoms with E-state index in [0.29, 0.717) is 17.6 Å². The molecule has 2 heterocycles. The number of aromatic nitrogens is 4. The first-order valence-corrected chi connectivity index (χ1v) is 9.34. The lowest BCUT2D eigenvalue weighted by Crippen LogP contribution is -2.41. The lowest BCUT2D eigenvalue weighted by atomic mass is 10.1. The highest BCUT2D eigenvalue weighted by Gasteiger charge is 2.42. The van der Waals surface area contributed by atoms with Crippen LogP contribution in [0.3, 0.4) is 0 Å². The number of hydrogen-bond acceptors (Lipinski definition) is 4. The third kappa shape index (κ3) is 3.83. The Labute approximate surface area is 169 Å². The van der Waals surface area contributed by atoms with Gasteiger partial charge in [0.2, 0.25) is 0 Å². The van der Waals surface area contributed by atoms with Crippen molar-refractivity contribution < 1.29 is 18.0 Å². The Kier molecular flexibility index (Phi) is 5.11. The van der Waals surface area contributed by atoms with Crippen LogP contribution in [0.25, 0.3) is 16.6 Å². The summed E-state index contributed by atoms with van der Waals surface area (Å²) in [5.41, 5.74) is 3.34. The SMILES string of the molecule is Cc1cccc2cc(CN(CCc3ccccc3)C(=O)C(F)(F)F)c3nnnn3c12. The molecule has 6 nitrogen and oxygen atoms in total. The van der Waals surface area contributed by atoms with E-state index in [4.69, 9.17) is 0 Å². The van der Waals surface area contributed by atoms with Gasteiger partial charge in [-0.05, 0) is 41.0 Å². The van der Waals surface area contributed by atoms with E-state index in [1.54, 1.807) is 6.07 Å². The first kappa shape index (κ1) is 19.8. The highest BCUT2D eigenvalue weighted by molar-refractivity contribution is 5.86. The molecule has 9 heteroatoms. The van der Waals surface area contributed by atoms with Gasteiger partial charge in [-0.1, -0.05) is 48.5 Å². The molecule has 4 aromatic rings. The first-order chi connectivity index (χ1) is 14.3. The van der Waals surface area contributed by atoms with Crippen LogP contribution in [0.4, 0.5) is 13.2 Å². The van der Waals surface area contributed by atoms with Gasteiger partial charge in [-0.15, -0.1) is 5.10 Å². The van der Waals surface area contributed by atoms with Gasteiger partial charge in [-0.2, -0.15) is 17.7 Å². The first-order valence-electron chi connectivity index (χ1n) is 9.34. The molecule has 0 atom stereocenters. The summed E-state index contributed by atoms with van der Waals surface area (Å²) in [5, 5.41) is 12.4. The molecule has 0 aliphatic heterocycles. The molecular weight excluding hydrogens is 395 g/mol. The topological polar surface area (TPSA) is 63.4 Å². The third-order valence-electron chi connectivity index (χ3n) is 4.97. The summed E-state index contributed by atoms with van der Waals surface area (Å²) in [7, 11) is 0. The molecule has 4 rings (SSSR count). The fraction of sp³-hybridized carbons (Fsp3) is 0.238. The van der Waals surface area contributed by atoms with Crippen LogP contribution in [0.15, 0.2) is 54.6 Å². The van der Waals surface area contributed by atoms with Crippen molar-refractivity contribution in [2.75, 3.05) is 6.54 Å². The van der Waals surface area contributed by atoms with Crippen LogP contribution in [0.2, 0.25) is 0 Å². The van der Waals surface area contributed by atoms with Crippen molar-refractivity contribution in [3.63, 3.8) is 0 Å². The van der Waals surface area contributed by atoms with E-state index in [1.165, 1.54) is 4.52 Å².